The first-order valence-electron chi connectivity index (χ1n) is 9.50. The van der Waals surface area contributed by atoms with Crippen LogP contribution in [0.15, 0.2) is 53.4 Å². The number of sulfone groups is 1. The molecule has 0 aromatic heterocycles. The molecule has 2 aromatic carbocycles. The second-order valence-corrected chi connectivity index (χ2v) is 10.1. The molecule has 0 saturated heterocycles. The van der Waals surface area contributed by atoms with Gasteiger partial charge in [0.2, 0.25) is 0 Å². The Bertz CT molecular complexity index is 932. The lowest BCUT2D eigenvalue weighted by molar-refractivity contribution is -0.0149. The SMILES string of the molecule is CC(NC(=O)NCc1cccc(COC(C)(C)C)c1)c1ccc(S(C)(=O)=O)cc1. The van der Waals surface area contributed by atoms with Gasteiger partial charge in [0.25, 0.3) is 0 Å². The number of ether oxygens (including phenoxy) is 1. The second-order valence-electron chi connectivity index (χ2n) is 8.11. The van der Waals surface area contributed by atoms with Gasteiger partial charge in [0.15, 0.2) is 9.84 Å². The molecular weight excluding hydrogens is 388 g/mol. The third-order valence-corrected chi connectivity index (χ3v) is 5.40. The summed E-state index contributed by atoms with van der Waals surface area (Å²) in [6.45, 7) is 8.80. The molecule has 2 rings (SSSR count). The Balaban J connectivity index is 1.88. The van der Waals surface area contributed by atoms with E-state index in [-0.39, 0.29) is 22.6 Å². The molecule has 1 atom stereocenters. The highest BCUT2D eigenvalue weighted by atomic mass is 32.2. The van der Waals surface area contributed by atoms with E-state index in [1.165, 1.54) is 6.26 Å². The smallest absolute Gasteiger partial charge is 0.315 e. The number of nitrogens with one attached hydrogen (secondary N) is 2. The van der Waals surface area contributed by atoms with Gasteiger partial charge in [-0.05, 0) is 56.5 Å². The number of urea groups is 1. The number of benzene rings is 2. The Hall–Kier alpha value is -2.38. The quantitative estimate of drug-likeness (QED) is 0.713. The molecule has 158 valence electrons. The highest BCUT2D eigenvalue weighted by Crippen LogP contribution is 2.16. The molecule has 7 heteroatoms. The lowest BCUT2D eigenvalue weighted by Crippen LogP contribution is -2.36. The Kier molecular flexibility index (Phi) is 7.43. The summed E-state index contributed by atoms with van der Waals surface area (Å²) >= 11 is 0. The minimum atomic E-state index is -3.23. The monoisotopic (exact) mass is 418 g/mol. The average Bonchev–Trinajstić information content (AvgIpc) is 2.64. The van der Waals surface area contributed by atoms with E-state index in [4.69, 9.17) is 4.74 Å². The standard InChI is InChI=1S/C22H30N2O4S/c1-16(19-9-11-20(12-10-19)29(5,26)27)24-21(25)23-14-17-7-6-8-18(13-17)15-28-22(2,3)4/h6-13,16H,14-15H2,1-5H3,(H2,23,24,25). The highest BCUT2D eigenvalue weighted by molar-refractivity contribution is 7.90. The molecular formula is C22H30N2O4S. The summed E-state index contributed by atoms with van der Waals surface area (Å²) < 4.78 is 28.9. The van der Waals surface area contributed by atoms with E-state index in [9.17, 15) is 13.2 Å². The maximum atomic E-state index is 12.2. The van der Waals surface area contributed by atoms with Crippen LogP contribution in [-0.4, -0.2) is 26.3 Å². The van der Waals surface area contributed by atoms with Crippen molar-refractivity contribution in [2.45, 2.75) is 57.4 Å². The van der Waals surface area contributed by atoms with Gasteiger partial charge in [-0.1, -0.05) is 36.4 Å². The van der Waals surface area contributed by atoms with Crippen LogP contribution in [0.2, 0.25) is 0 Å². The predicted octanol–water partition coefficient (Wildman–Crippen LogP) is 3.97. The topological polar surface area (TPSA) is 84.5 Å². The fourth-order valence-corrected chi connectivity index (χ4v) is 3.28. The maximum absolute atomic E-state index is 12.2. The van der Waals surface area contributed by atoms with E-state index in [1.807, 2.05) is 52.0 Å². The van der Waals surface area contributed by atoms with Crippen LogP contribution < -0.4 is 10.6 Å². The van der Waals surface area contributed by atoms with Crippen LogP contribution in [0.5, 0.6) is 0 Å². The van der Waals surface area contributed by atoms with Crippen molar-refractivity contribution >= 4 is 15.9 Å². The first-order valence-corrected chi connectivity index (χ1v) is 11.4. The van der Waals surface area contributed by atoms with Crippen molar-refractivity contribution in [2.75, 3.05) is 6.26 Å². The summed E-state index contributed by atoms with van der Waals surface area (Å²) in [6, 6.07) is 13.9. The van der Waals surface area contributed by atoms with Crippen LogP contribution in [0.25, 0.3) is 0 Å². The number of hydrogen-bond acceptors (Lipinski definition) is 4. The zero-order valence-electron chi connectivity index (χ0n) is 17.7. The Morgan fingerprint density at radius 1 is 1.07 bits per heavy atom. The van der Waals surface area contributed by atoms with Crippen molar-refractivity contribution in [1.29, 1.82) is 0 Å². The zero-order chi connectivity index (χ0) is 21.7. The number of carbonyl (C=O) groups excluding carboxylic acids is 1. The van der Waals surface area contributed by atoms with E-state index in [0.717, 1.165) is 16.7 Å². The molecule has 2 aromatic rings. The second kappa shape index (κ2) is 9.41. The summed E-state index contributed by atoms with van der Waals surface area (Å²) in [7, 11) is -3.23. The molecule has 1 unspecified atom stereocenters. The van der Waals surface area contributed by atoms with E-state index < -0.39 is 9.84 Å². The van der Waals surface area contributed by atoms with Crippen LogP contribution in [0, 0.1) is 0 Å². The molecule has 2 N–H and O–H groups in total. The largest absolute Gasteiger partial charge is 0.371 e. The summed E-state index contributed by atoms with van der Waals surface area (Å²) in [5.41, 5.74) is 2.66. The van der Waals surface area contributed by atoms with Crippen LogP contribution >= 0.6 is 0 Å². The molecule has 0 heterocycles. The van der Waals surface area contributed by atoms with Gasteiger partial charge in [-0.25, -0.2) is 13.2 Å². The number of rotatable bonds is 7. The lowest BCUT2D eigenvalue weighted by Gasteiger charge is -2.19. The first-order chi connectivity index (χ1) is 13.4. The first kappa shape index (κ1) is 22.9. The minimum absolute atomic E-state index is 0.205. The van der Waals surface area contributed by atoms with E-state index >= 15 is 0 Å². The van der Waals surface area contributed by atoms with Gasteiger partial charge in [0, 0.05) is 12.8 Å². The van der Waals surface area contributed by atoms with Gasteiger partial charge in [-0.2, -0.15) is 0 Å². The molecule has 29 heavy (non-hydrogen) atoms. The molecule has 0 aliphatic carbocycles. The summed E-state index contributed by atoms with van der Waals surface area (Å²) in [5, 5.41) is 5.71. The summed E-state index contributed by atoms with van der Waals surface area (Å²) in [4.78, 5) is 12.5. The van der Waals surface area contributed by atoms with Gasteiger partial charge in [-0.3, -0.25) is 0 Å². The van der Waals surface area contributed by atoms with Gasteiger partial charge in [0.05, 0.1) is 23.1 Å². The average molecular weight is 419 g/mol. The summed E-state index contributed by atoms with van der Waals surface area (Å²) in [5.74, 6) is 0. The fraction of sp³-hybridized carbons (Fsp3) is 0.409. The lowest BCUT2D eigenvalue weighted by atomic mass is 10.1. The molecule has 0 radical (unpaired) electrons. The van der Waals surface area contributed by atoms with Crippen LogP contribution in [0.4, 0.5) is 4.79 Å². The Labute approximate surface area is 173 Å². The number of hydrogen-bond donors (Lipinski definition) is 2. The van der Waals surface area contributed by atoms with Crippen molar-refractivity contribution in [3.63, 3.8) is 0 Å². The van der Waals surface area contributed by atoms with Crippen LogP contribution in [0.1, 0.15) is 50.4 Å². The van der Waals surface area contributed by atoms with Crippen molar-refractivity contribution in [1.82, 2.24) is 10.6 Å². The maximum Gasteiger partial charge on any atom is 0.315 e. The van der Waals surface area contributed by atoms with Crippen LogP contribution in [0.3, 0.4) is 0 Å². The molecule has 0 aliphatic heterocycles. The van der Waals surface area contributed by atoms with E-state index in [0.29, 0.717) is 13.2 Å². The third-order valence-electron chi connectivity index (χ3n) is 4.27. The molecule has 0 saturated carbocycles. The van der Waals surface area contributed by atoms with Crippen molar-refractivity contribution in [3.05, 3.63) is 65.2 Å². The highest BCUT2D eigenvalue weighted by Gasteiger charge is 2.12. The van der Waals surface area contributed by atoms with Gasteiger partial charge in [-0.15, -0.1) is 0 Å². The predicted molar refractivity (Wildman–Crippen MR) is 114 cm³/mol. The third kappa shape index (κ3) is 7.87. The zero-order valence-corrected chi connectivity index (χ0v) is 18.5. The summed E-state index contributed by atoms with van der Waals surface area (Å²) in [6.07, 6.45) is 1.17. The van der Waals surface area contributed by atoms with E-state index in [1.54, 1.807) is 24.3 Å². The Morgan fingerprint density at radius 3 is 2.28 bits per heavy atom. The molecule has 6 nitrogen and oxygen atoms in total. The van der Waals surface area contributed by atoms with Gasteiger partial charge < -0.3 is 15.4 Å². The van der Waals surface area contributed by atoms with E-state index in [2.05, 4.69) is 10.6 Å². The van der Waals surface area contributed by atoms with Gasteiger partial charge >= 0.3 is 6.03 Å². The van der Waals surface area contributed by atoms with Gasteiger partial charge in [0.1, 0.15) is 0 Å². The number of amides is 2. The van der Waals surface area contributed by atoms with Crippen molar-refractivity contribution in [3.8, 4) is 0 Å². The molecule has 0 aliphatic rings. The molecule has 2 amide bonds. The van der Waals surface area contributed by atoms with Crippen molar-refractivity contribution < 1.29 is 17.9 Å². The molecule has 0 spiro atoms. The van der Waals surface area contributed by atoms with Crippen LogP contribution in [-0.2, 0) is 27.7 Å². The molecule has 0 fully saturated rings. The molecule has 0 bridgehead atoms. The minimum Gasteiger partial charge on any atom is -0.371 e. The fourth-order valence-electron chi connectivity index (χ4n) is 2.65. The van der Waals surface area contributed by atoms with Crippen molar-refractivity contribution in [2.24, 2.45) is 0 Å². The number of carbonyl (C=O) groups is 1. The normalized spacial score (nSPS) is 13.0. The Morgan fingerprint density at radius 2 is 1.69 bits per heavy atom.